The van der Waals surface area contributed by atoms with Gasteiger partial charge in [-0.3, -0.25) is 0 Å². The second-order valence-corrected chi connectivity index (χ2v) is 7.25. The Bertz CT molecular complexity index is 1050. The number of hydrogen-bond acceptors (Lipinski definition) is 6. The molecule has 164 valence electrons. The molecule has 0 bridgehead atoms. The summed E-state index contributed by atoms with van der Waals surface area (Å²) in [6.45, 7) is 4.70. The first-order valence-corrected chi connectivity index (χ1v) is 10.5. The molecule has 0 aromatic heterocycles. The van der Waals surface area contributed by atoms with Crippen molar-refractivity contribution in [2.45, 2.75) is 33.1 Å². The summed E-state index contributed by atoms with van der Waals surface area (Å²) in [6, 6.07) is 22.3. The van der Waals surface area contributed by atoms with Crippen LogP contribution in [0.3, 0.4) is 0 Å². The van der Waals surface area contributed by atoms with Gasteiger partial charge in [0.2, 0.25) is 0 Å². The van der Waals surface area contributed by atoms with E-state index in [4.69, 9.17) is 30.5 Å². The monoisotopic (exact) mass is 436 g/mol. The van der Waals surface area contributed by atoms with Gasteiger partial charge in [-0.2, -0.15) is 21.0 Å². The highest BCUT2D eigenvalue weighted by Crippen LogP contribution is 2.22. The Morgan fingerprint density at radius 3 is 1.21 bits per heavy atom. The Kier molecular flexibility index (Phi) is 9.76. The highest BCUT2D eigenvalue weighted by molar-refractivity contribution is 5.74. The van der Waals surface area contributed by atoms with Crippen LogP contribution in [0.15, 0.2) is 59.7 Å². The van der Waals surface area contributed by atoms with Crippen LogP contribution in [0.4, 0.5) is 0 Å². The van der Waals surface area contributed by atoms with Crippen LogP contribution in [0.5, 0.6) is 11.5 Å². The van der Waals surface area contributed by atoms with Gasteiger partial charge in [0, 0.05) is 0 Å². The third-order valence-corrected chi connectivity index (χ3v) is 5.10. The van der Waals surface area contributed by atoms with Crippen LogP contribution in [0.2, 0.25) is 0 Å². The van der Waals surface area contributed by atoms with Crippen LogP contribution in [-0.4, -0.2) is 13.2 Å². The first-order chi connectivity index (χ1) is 16.0. The minimum atomic E-state index is 0.112. The SMILES string of the molecule is CC(=C(C#N)C#N)c1ccc(OCCCCCOc2ccc(C(C)=C(C#N)C#N)cc2)cc1. The molecule has 0 N–H and O–H groups in total. The molecule has 0 amide bonds. The second kappa shape index (κ2) is 13.0. The van der Waals surface area contributed by atoms with Crippen LogP contribution in [0.1, 0.15) is 44.2 Å². The summed E-state index contributed by atoms with van der Waals surface area (Å²) in [5.41, 5.74) is 3.19. The van der Waals surface area contributed by atoms with Gasteiger partial charge < -0.3 is 9.47 Å². The molecule has 0 atom stereocenters. The summed E-state index contributed by atoms with van der Waals surface area (Å²) in [5.74, 6) is 1.50. The molecule has 0 fully saturated rings. The lowest BCUT2D eigenvalue weighted by atomic mass is 10.0. The average molecular weight is 437 g/mol. The second-order valence-electron chi connectivity index (χ2n) is 7.25. The van der Waals surface area contributed by atoms with Crippen LogP contribution < -0.4 is 9.47 Å². The van der Waals surface area contributed by atoms with E-state index in [2.05, 4.69) is 0 Å². The average Bonchev–Trinajstić information content (AvgIpc) is 2.85. The van der Waals surface area contributed by atoms with Crippen LogP contribution in [0, 0.1) is 45.3 Å². The number of nitrogens with zero attached hydrogens (tertiary/aromatic N) is 4. The van der Waals surface area contributed by atoms with E-state index in [-0.39, 0.29) is 11.1 Å². The molecule has 0 heterocycles. The lowest BCUT2D eigenvalue weighted by Crippen LogP contribution is -2.01. The zero-order chi connectivity index (χ0) is 24.1. The van der Waals surface area contributed by atoms with Gasteiger partial charge in [-0.15, -0.1) is 0 Å². The molecule has 0 spiro atoms. The molecule has 0 saturated carbocycles. The summed E-state index contributed by atoms with van der Waals surface area (Å²) in [4.78, 5) is 0. The van der Waals surface area contributed by atoms with Crippen molar-refractivity contribution in [3.63, 3.8) is 0 Å². The third kappa shape index (κ3) is 7.29. The summed E-state index contributed by atoms with van der Waals surface area (Å²) < 4.78 is 11.5. The first kappa shape index (κ1) is 24.7. The summed E-state index contributed by atoms with van der Waals surface area (Å²) in [6.07, 6.45) is 2.75. The molecule has 0 aliphatic carbocycles. The highest BCUT2D eigenvalue weighted by atomic mass is 16.5. The molecule has 6 nitrogen and oxygen atoms in total. The lowest BCUT2D eigenvalue weighted by molar-refractivity contribution is 0.279. The molecule has 2 aromatic carbocycles. The van der Waals surface area contributed by atoms with E-state index in [0.717, 1.165) is 41.9 Å². The van der Waals surface area contributed by atoms with Crippen LogP contribution >= 0.6 is 0 Å². The van der Waals surface area contributed by atoms with Gasteiger partial charge in [0.25, 0.3) is 0 Å². The Labute approximate surface area is 194 Å². The Morgan fingerprint density at radius 2 is 0.909 bits per heavy atom. The lowest BCUT2D eigenvalue weighted by Gasteiger charge is -2.09. The van der Waals surface area contributed by atoms with Crippen LogP contribution in [-0.2, 0) is 0 Å². The van der Waals surface area contributed by atoms with Gasteiger partial charge in [-0.05, 0) is 79.6 Å². The van der Waals surface area contributed by atoms with Crippen molar-refractivity contribution < 1.29 is 9.47 Å². The van der Waals surface area contributed by atoms with Gasteiger partial charge in [0.1, 0.15) is 46.9 Å². The van der Waals surface area contributed by atoms with E-state index >= 15 is 0 Å². The minimum Gasteiger partial charge on any atom is -0.494 e. The predicted octanol–water partition coefficient (Wildman–Crippen LogP) is 5.96. The van der Waals surface area contributed by atoms with Crippen molar-refractivity contribution in [2.24, 2.45) is 0 Å². The zero-order valence-electron chi connectivity index (χ0n) is 18.8. The fraction of sp³-hybridized carbons (Fsp3) is 0.259. The fourth-order valence-corrected chi connectivity index (χ4v) is 3.04. The summed E-state index contributed by atoms with van der Waals surface area (Å²) in [5, 5.41) is 35.9. The normalized spacial score (nSPS) is 9.39. The van der Waals surface area contributed by atoms with Gasteiger partial charge in [-0.1, -0.05) is 24.3 Å². The Hall–Kier alpha value is -4.52. The minimum absolute atomic E-state index is 0.112. The number of allylic oxidation sites excluding steroid dienone is 4. The maximum Gasteiger partial charge on any atom is 0.133 e. The van der Waals surface area contributed by atoms with E-state index in [0.29, 0.717) is 24.4 Å². The number of nitriles is 4. The van der Waals surface area contributed by atoms with E-state index < -0.39 is 0 Å². The molecular formula is C27H24N4O2. The van der Waals surface area contributed by atoms with E-state index in [1.54, 1.807) is 13.8 Å². The Balaban J connectivity index is 1.70. The molecule has 0 aliphatic heterocycles. The summed E-state index contributed by atoms with van der Waals surface area (Å²) >= 11 is 0. The number of ether oxygens (including phenoxy) is 2. The summed E-state index contributed by atoms with van der Waals surface area (Å²) in [7, 11) is 0. The Morgan fingerprint density at radius 1 is 0.576 bits per heavy atom. The van der Waals surface area contributed by atoms with Crippen LogP contribution in [0.25, 0.3) is 11.1 Å². The van der Waals surface area contributed by atoms with Crippen molar-refractivity contribution in [1.29, 1.82) is 21.0 Å². The number of unbranched alkanes of at least 4 members (excludes halogenated alkanes) is 2. The first-order valence-electron chi connectivity index (χ1n) is 10.5. The van der Waals surface area contributed by atoms with Crippen molar-refractivity contribution >= 4 is 11.1 Å². The number of hydrogen-bond donors (Lipinski definition) is 0. The molecule has 6 heteroatoms. The molecule has 2 rings (SSSR count). The maximum atomic E-state index is 8.96. The van der Waals surface area contributed by atoms with E-state index in [9.17, 15) is 0 Å². The van der Waals surface area contributed by atoms with Crippen molar-refractivity contribution in [3.05, 3.63) is 70.8 Å². The molecule has 0 radical (unpaired) electrons. The van der Waals surface area contributed by atoms with E-state index in [1.165, 1.54) is 0 Å². The topological polar surface area (TPSA) is 114 Å². The molecule has 0 saturated heterocycles. The number of rotatable bonds is 10. The molecule has 0 aliphatic rings. The van der Waals surface area contributed by atoms with Crippen molar-refractivity contribution in [2.75, 3.05) is 13.2 Å². The quantitative estimate of drug-likeness (QED) is 0.335. The van der Waals surface area contributed by atoms with Gasteiger partial charge in [-0.25, -0.2) is 0 Å². The smallest absolute Gasteiger partial charge is 0.133 e. The largest absolute Gasteiger partial charge is 0.494 e. The molecule has 2 aromatic rings. The standard InChI is InChI=1S/C27H24N4O2/c1-20(24(16-28)17-29)22-6-10-26(11-7-22)32-14-4-3-5-15-33-27-12-8-23(9-13-27)21(2)25(18-30)19-31/h6-13H,3-5,14-15H2,1-2H3. The molecule has 0 unspecified atom stereocenters. The van der Waals surface area contributed by atoms with Gasteiger partial charge >= 0.3 is 0 Å². The predicted molar refractivity (Wildman–Crippen MR) is 125 cm³/mol. The van der Waals surface area contributed by atoms with E-state index in [1.807, 2.05) is 72.8 Å². The maximum absolute atomic E-state index is 8.96. The van der Waals surface area contributed by atoms with Gasteiger partial charge in [0.15, 0.2) is 0 Å². The van der Waals surface area contributed by atoms with Gasteiger partial charge in [0.05, 0.1) is 13.2 Å². The highest BCUT2D eigenvalue weighted by Gasteiger charge is 2.05. The molecular weight excluding hydrogens is 412 g/mol. The number of benzene rings is 2. The zero-order valence-corrected chi connectivity index (χ0v) is 18.8. The molecule has 33 heavy (non-hydrogen) atoms. The van der Waals surface area contributed by atoms with Crippen molar-refractivity contribution in [1.82, 2.24) is 0 Å². The fourth-order valence-electron chi connectivity index (χ4n) is 3.04. The third-order valence-electron chi connectivity index (χ3n) is 5.10. The van der Waals surface area contributed by atoms with Crippen molar-refractivity contribution in [3.8, 4) is 35.8 Å².